The molecule has 0 aliphatic heterocycles. The standard InChI is InChI=1S/C23H33NO.5C19H25NO.12ClH.6Zr/c1-15(2)4-5-24-14-20-6-16(3)7-21(22(20)25)23-11-17-8-18(12-23)10-19(9-17)13-23;5*1-12-3-16(11-20-2)18(21)17(4-12)19-8-13-5-14(9-19)7-15(6-13)10-19;;;;;;;;;;;;;;;;;;/h6-7,14-15,17-19,25H,4-5,8-13H2,1-3H3;5*3-4,11,13-15,21H,5-10H2,1-2H3;12*1H;;;;;;/q;;;;;;;;;;;;;;;;;;6*+2/p-12. The Morgan fingerprint density at radius 2 is 0.345 bits per heavy atom. The molecule has 24 fully saturated rings. The van der Waals surface area contributed by atoms with Crippen LogP contribution in [0.15, 0.2) is 103 Å². The molecule has 24 aliphatic rings. The third kappa shape index (κ3) is 31.1. The third-order valence-corrected chi connectivity index (χ3v) is 37.8. The molecule has 0 saturated heterocycles. The van der Waals surface area contributed by atoms with Crippen LogP contribution in [-0.4, -0.2) is 110 Å². The molecule has 804 valence electrons. The van der Waals surface area contributed by atoms with Crippen LogP contribution in [0.2, 0.25) is 0 Å². The fourth-order valence-corrected chi connectivity index (χ4v) is 35.7. The van der Waals surface area contributed by atoms with Crippen molar-refractivity contribution in [1.82, 2.24) is 0 Å². The summed E-state index contributed by atoms with van der Waals surface area (Å²) in [4.78, 5) is 25.1. The number of benzene rings is 6. The van der Waals surface area contributed by atoms with E-state index in [4.69, 9.17) is 102 Å². The molecule has 0 aromatic heterocycles. The Morgan fingerprint density at radius 1 is 0.230 bits per heavy atom. The summed E-state index contributed by atoms with van der Waals surface area (Å²) in [6.07, 6.45) is 61.1. The number of phenolic OH excluding ortho intramolecular Hbond substituents is 6. The van der Waals surface area contributed by atoms with Crippen molar-refractivity contribution in [1.29, 1.82) is 0 Å². The molecule has 30 rings (SSSR count). The van der Waals surface area contributed by atoms with Crippen LogP contribution < -0.4 is 0 Å². The maximum atomic E-state index is 11.1. The Bertz CT molecular complexity index is 4740. The fraction of sp³-hybridized carbons (Fsp3) is 0.644. The molecule has 6 aromatic carbocycles. The van der Waals surface area contributed by atoms with Gasteiger partial charge < -0.3 is 30.6 Å². The first-order chi connectivity index (χ1) is 70.9. The summed E-state index contributed by atoms with van der Waals surface area (Å²) in [6, 6.07) is 25.8. The van der Waals surface area contributed by atoms with E-state index in [0.29, 0.717) is 40.4 Å². The number of halogens is 12. The summed E-state index contributed by atoms with van der Waals surface area (Å²) in [7, 11) is 68.1. The predicted octanol–water partition coefficient (Wildman–Crippen LogP) is 35.0. The molecule has 148 heavy (non-hydrogen) atoms. The zero-order chi connectivity index (χ0) is 107. The molecule has 6 N–H and O–H groups in total. The number of rotatable bonds is 15. The second-order valence-corrected chi connectivity index (χ2v) is 71.7. The van der Waals surface area contributed by atoms with Crippen molar-refractivity contribution in [2.75, 3.05) is 41.8 Å². The van der Waals surface area contributed by atoms with Gasteiger partial charge in [-0.15, -0.1) is 0 Å². The minimum absolute atomic E-state index is 0.241. The number of hydrogen-bond acceptors (Lipinski definition) is 12. The van der Waals surface area contributed by atoms with Crippen molar-refractivity contribution in [2.45, 2.75) is 325 Å². The van der Waals surface area contributed by atoms with E-state index in [9.17, 15) is 30.6 Å². The summed E-state index contributed by atoms with van der Waals surface area (Å²) in [6.45, 7) is 18.1. The molecule has 0 unspecified atom stereocenters. The van der Waals surface area contributed by atoms with Gasteiger partial charge in [-0.05, 0) is 494 Å². The van der Waals surface area contributed by atoms with Crippen molar-refractivity contribution in [3.63, 3.8) is 0 Å². The van der Waals surface area contributed by atoms with Gasteiger partial charge in [-0.3, -0.25) is 30.0 Å². The van der Waals surface area contributed by atoms with Crippen molar-refractivity contribution < 1.29 is 156 Å². The SMILES string of the molecule is CN=Cc1cc(C)cc(C23CC4CC(CC(C4)C2)C3)c1O.CN=Cc1cc(C)cc(C23CC4CC(CC(C4)C2)C3)c1O.CN=Cc1cc(C)cc(C23CC4CC(CC(C4)C2)C3)c1O.CN=Cc1cc(C)cc(C23CC4CC(CC(C4)C2)C3)c1O.CN=Cc1cc(C)cc(C23CC4CC(CC(C4)C2)C3)c1O.Cc1cc(C=NCCC(C)C)c(O)c(C23CC4CC(CC(C4)C2)C3)c1.[Cl][Zr][Cl].[Cl][Zr][Cl].[Cl][Zr][Cl].[Cl][Zr][Cl].[Cl][Zr][Cl].[Cl][Zr][Cl]. The second kappa shape index (κ2) is 58.4. The van der Waals surface area contributed by atoms with Gasteiger partial charge in [-0.2, -0.15) is 0 Å². The van der Waals surface area contributed by atoms with Crippen LogP contribution in [-0.2, 0) is 158 Å². The van der Waals surface area contributed by atoms with Crippen LogP contribution in [0, 0.1) is 154 Å². The van der Waals surface area contributed by atoms with E-state index in [-0.39, 0.29) is 32.5 Å². The van der Waals surface area contributed by atoms with Crippen molar-refractivity contribution in [2.24, 2.45) is 142 Å². The van der Waals surface area contributed by atoms with E-state index in [0.717, 1.165) is 153 Å². The third-order valence-electron chi connectivity index (χ3n) is 37.8. The van der Waals surface area contributed by atoms with Crippen LogP contribution in [0.1, 0.15) is 352 Å². The van der Waals surface area contributed by atoms with Gasteiger partial charge in [0.2, 0.25) is 0 Å². The van der Waals surface area contributed by atoms with Crippen LogP contribution in [0.3, 0.4) is 0 Å². The van der Waals surface area contributed by atoms with Gasteiger partial charge >= 0.3 is 227 Å². The second-order valence-electron chi connectivity index (χ2n) is 49.3. The Labute approximate surface area is 998 Å². The van der Waals surface area contributed by atoms with E-state index in [1.807, 2.05) is 36.5 Å². The number of aryl methyl sites for hydroxylation is 6. The predicted molar refractivity (Wildman–Crippen MR) is 606 cm³/mol. The molecule has 0 amide bonds. The molecule has 0 radical (unpaired) electrons. The summed E-state index contributed by atoms with van der Waals surface area (Å²) in [5, 5.41) is 65.2. The molecule has 0 heterocycles. The summed E-state index contributed by atoms with van der Waals surface area (Å²) < 4.78 is 0. The zero-order valence-corrected chi connectivity index (χ0v) is 113. The molecule has 30 heteroatoms. The Morgan fingerprint density at radius 3 is 0.453 bits per heavy atom. The molecular formula is C118H158Cl12N6O6Zr6. The number of phenols is 6. The van der Waals surface area contributed by atoms with Gasteiger partial charge in [-0.1, -0.05) is 50.2 Å². The first kappa shape index (κ1) is 126. The van der Waals surface area contributed by atoms with Crippen LogP contribution in [0.25, 0.3) is 0 Å². The van der Waals surface area contributed by atoms with Gasteiger partial charge in [0.05, 0.1) is 0 Å². The fourth-order valence-electron chi connectivity index (χ4n) is 35.7. The quantitative estimate of drug-likeness (QED) is 0.0553. The van der Waals surface area contributed by atoms with Gasteiger partial charge in [0.25, 0.3) is 0 Å². The first-order valence-corrected chi connectivity index (χ1v) is 92.3. The van der Waals surface area contributed by atoms with E-state index in [2.05, 4.69) is 128 Å². The van der Waals surface area contributed by atoms with Gasteiger partial charge in [0, 0.05) is 146 Å². The Hall–Kier alpha value is 0.919. The van der Waals surface area contributed by atoms with Crippen molar-refractivity contribution in [3.05, 3.63) is 173 Å². The molecular weight excluding hydrogens is 2570 g/mol. The zero-order valence-electron chi connectivity index (χ0n) is 89.1. The first-order valence-electron chi connectivity index (χ1n) is 54.3. The number of aliphatic imine (C=N–C) groups is 6. The topological polar surface area (TPSA) is 196 Å². The normalized spacial score (nSPS) is 32.9. The van der Waals surface area contributed by atoms with Crippen molar-refractivity contribution >= 4 is 139 Å². The Kier molecular flexibility index (Phi) is 49.6. The Balaban J connectivity index is 0.000000143. The van der Waals surface area contributed by atoms with Gasteiger partial charge in [-0.25, -0.2) is 0 Å². The van der Waals surface area contributed by atoms with Gasteiger partial charge in [0.1, 0.15) is 34.5 Å². The van der Waals surface area contributed by atoms with Gasteiger partial charge in [0.15, 0.2) is 0 Å². The van der Waals surface area contributed by atoms with Crippen LogP contribution in [0.5, 0.6) is 34.5 Å². The minimum atomic E-state index is -0.826. The van der Waals surface area contributed by atoms with E-state index in [1.165, 1.54) is 298 Å². The average molecular weight is 2730 g/mol. The monoisotopic (exact) mass is 2710 g/mol. The molecule has 0 atom stereocenters. The summed E-state index contributed by atoms with van der Waals surface area (Å²) >= 11 is -4.95. The number of hydrogen-bond donors (Lipinski definition) is 6. The van der Waals surface area contributed by atoms with Crippen molar-refractivity contribution in [3.8, 4) is 34.5 Å². The number of aromatic hydroxyl groups is 6. The maximum absolute atomic E-state index is 11.1. The van der Waals surface area contributed by atoms with E-state index < -0.39 is 125 Å². The average Bonchev–Trinajstić information content (AvgIpc) is 0.750. The summed E-state index contributed by atoms with van der Waals surface area (Å²) in [5.74, 6) is 19.9. The molecule has 6 aromatic rings. The summed E-state index contributed by atoms with van der Waals surface area (Å²) in [5.41, 5.74) is 21.7. The van der Waals surface area contributed by atoms with Crippen LogP contribution >= 0.6 is 102 Å². The molecule has 12 nitrogen and oxygen atoms in total. The number of nitrogens with zero attached hydrogens (tertiary/aromatic N) is 6. The molecule has 24 bridgehead atoms. The van der Waals surface area contributed by atoms with E-state index >= 15 is 0 Å². The van der Waals surface area contributed by atoms with Crippen LogP contribution in [0.4, 0.5) is 0 Å². The molecule has 24 saturated carbocycles. The molecule has 24 aliphatic carbocycles. The van der Waals surface area contributed by atoms with E-state index in [1.54, 1.807) is 66.3 Å². The molecule has 0 spiro atoms.